The van der Waals surface area contributed by atoms with Gasteiger partial charge in [-0.3, -0.25) is 0 Å². The largest absolute Gasteiger partial charge is 0.309 e. The first-order chi connectivity index (χ1) is 8.38. The highest BCUT2D eigenvalue weighted by atomic mass is 32.2. The van der Waals surface area contributed by atoms with Gasteiger partial charge in [-0.1, -0.05) is 30.3 Å². The second-order valence-corrected chi connectivity index (χ2v) is 4.97. The van der Waals surface area contributed by atoms with Crippen LogP contribution in [-0.4, -0.2) is 18.6 Å². The zero-order chi connectivity index (χ0) is 12.3. The van der Waals surface area contributed by atoms with E-state index in [2.05, 4.69) is 29.8 Å². The summed E-state index contributed by atoms with van der Waals surface area (Å²) in [6.45, 7) is 0.988. The van der Waals surface area contributed by atoms with Crippen molar-refractivity contribution in [3.05, 3.63) is 35.9 Å². The third-order valence-electron chi connectivity index (χ3n) is 2.66. The van der Waals surface area contributed by atoms with E-state index >= 15 is 0 Å². The fourth-order valence-corrected chi connectivity index (χ4v) is 2.22. The van der Waals surface area contributed by atoms with Gasteiger partial charge in [0.1, 0.15) is 0 Å². The molecule has 17 heavy (non-hydrogen) atoms. The molecule has 0 amide bonds. The average molecular weight is 248 g/mol. The van der Waals surface area contributed by atoms with E-state index in [0.29, 0.717) is 6.42 Å². The quantitative estimate of drug-likeness (QED) is 0.716. The van der Waals surface area contributed by atoms with E-state index in [1.807, 2.05) is 30.0 Å². The molecule has 1 aromatic rings. The minimum atomic E-state index is 0.176. The van der Waals surface area contributed by atoms with Gasteiger partial charge >= 0.3 is 0 Å². The van der Waals surface area contributed by atoms with E-state index in [9.17, 15) is 0 Å². The van der Waals surface area contributed by atoms with Crippen LogP contribution >= 0.6 is 11.8 Å². The summed E-state index contributed by atoms with van der Waals surface area (Å²) in [5, 5.41) is 12.3. The lowest BCUT2D eigenvalue weighted by Gasteiger charge is -2.16. The van der Waals surface area contributed by atoms with Crippen LogP contribution in [0, 0.1) is 11.3 Å². The van der Waals surface area contributed by atoms with E-state index < -0.39 is 0 Å². The lowest BCUT2D eigenvalue weighted by Crippen LogP contribution is -2.22. The topological polar surface area (TPSA) is 35.8 Å². The predicted molar refractivity (Wildman–Crippen MR) is 75.0 cm³/mol. The molecule has 0 fully saturated rings. The Labute approximate surface area is 108 Å². The molecular weight excluding hydrogens is 228 g/mol. The number of unbranched alkanes of at least 4 members (excludes halogenated alkanes) is 1. The van der Waals surface area contributed by atoms with Gasteiger partial charge in [-0.15, -0.1) is 0 Å². The SMILES string of the molecule is CSCCCCNC(CC#N)c1ccccc1. The first kappa shape index (κ1) is 14.1. The van der Waals surface area contributed by atoms with Gasteiger partial charge in [-0.2, -0.15) is 17.0 Å². The fourth-order valence-electron chi connectivity index (χ4n) is 1.73. The number of nitriles is 1. The van der Waals surface area contributed by atoms with E-state index in [1.54, 1.807) is 0 Å². The van der Waals surface area contributed by atoms with Crippen molar-refractivity contribution < 1.29 is 0 Å². The summed E-state index contributed by atoms with van der Waals surface area (Å²) in [6, 6.07) is 12.6. The number of nitrogens with zero attached hydrogens (tertiary/aromatic N) is 1. The average Bonchev–Trinajstić information content (AvgIpc) is 2.38. The maximum absolute atomic E-state index is 8.85. The molecule has 1 aromatic carbocycles. The third-order valence-corrected chi connectivity index (χ3v) is 3.36. The number of nitrogens with one attached hydrogen (secondary N) is 1. The molecule has 0 bridgehead atoms. The second-order valence-electron chi connectivity index (χ2n) is 3.98. The highest BCUT2D eigenvalue weighted by Crippen LogP contribution is 2.15. The number of hydrogen-bond donors (Lipinski definition) is 1. The molecule has 0 aliphatic carbocycles. The first-order valence-corrected chi connectivity index (χ1v) is 7.42. The van der Waals surface area contributed by atoms with Crippen LogP contribution < -0.4 is 5.32 Å². The number of thioether (sulfide) groups is 1. The summed E-state index contributed by atoms with van der Waals surface area (Å²) in [5.74, 6) is 1.22. The summed E-state index contributed by atoms with van der Waals surface area (Å²) in [6.07, 6.45) is 5.08. The molecule has 0 radical (unpaired) electrons. The first-order valence-electron chi connectivity index (χ1n) is 6.02. The minimum Gasteiger partial charge on any atom is -0.309 e. The summed E-state index contributed by atoms with van der Waals surface area (Å²) in [5.41, 5.74) is 1.21. The molecule has 0 saturated heterocycles. The fraction of sp³-hybridized carbons (Fsp3) is 0.500. The highest BCUT2D eigenvalue weighted by Gasteiger charge is 2.08. The molecule has 2 nitrogen and oxygen atoms in total. The maximum atomic E-state index is 8.85. The van der Waals surface area contributed by atoms with Crippen molar-refractivity contribution in [1.82, 2.24) is 5.32 Å². The molecule has 0 heterocycles. The molecule has 92 valence electrons. The van der Waals surface area contributed by atoms with Crippen molar-refractivity contribution >= 4 is 11.8 Å². The van der Waals surface area contributed by atoms with Gasteiger partial charge in [-0.25, -0.2) is 0 Å². The van der Waals surface area contributed by atoms with E-state index in [0.717, 1.165) is 6.54 Å². The second kappa shape index (κ2) is 9.09. The summed E-state index contributed by atoms with van der Waals surface area (Å²) >= 11 is 1.89. The van der Waals surface area contributed by atoms with Crippen molar-refractivity contribution in [2.24, 2.45) is 0 Å². The smallest absolute Gasteiger partial charge is 0.0641 e. The van der Waals surface area contributed by atoms with E-state index in [-0.39, 0.29) is 6.04 Å². The zero-order valence-corrected chi connectivity index (χ0v) is 11.2. The Kier molecular flexibility index (Phi) is 7.53. The van der Waals surface area contributed by atoms with Crippen molar-refractivity contribution in [3.63, 3.8) is 0 Å². The van der Waals surface area contributed by atoms with Crippen molar-refractivity contribution in [3.8, 4) is 6.07 Å². The summed E-state index contributed by atoms with van der Waals surface area (Å²) in [7, 11) is 0. The van der Waals surface area contributed by atoms with Gasteiger partial charge in [0, 0.05) is 6.04 Å². The Hall–Kier alpha value is -0.980. The predicted octanol–water partition coefficient (Wildman–Crippen LogP) is 3.37. The van der Waals surface area contributed by atoms with Crippen LogP contribution in [0.3, 0.4) is 0 Å². The Balaban J connectivity index is 2.37. The van der Waals surface area contributed by atoms with Gasteiger partial charge < -0.3 is 5.32 Å². The van der Waals surface area contributed by atoms with E-state index in [1.165, 1.54) is 24.2 Å². The normalized spacial score (nSPS) is 12.0. The lowest BCUT2D eigenvalue weighted by atomic mass is 10.0. The van der Waals surface area contributed by atoms with Crippen LogP contribution in [0.5, 0.6) is 0 Å². The highest BCUT2D eigenvalue weighted by molar-refractivity contribution is 7.98. The molecule has 1 unspecified atom stereocenters. The molecular formula is C14H20N2S. The van der Waals surface area contributed by atoms with Gasteiger partial charge in [0.25, 0.3) is 0 Å². The van der Waals surface area contributed by atoms with E-state index in [4.69, 9.17) is 5.26 Å². The lowest BCUT2D eigenvalue weighted by molar-refractivity contribution is 0.529. The Bertz CT molecular complexity index is 332. The van der Waals surface area contributed by atoms with Crippen LogP contribution in [0.25, 0.3) is 0 Å². The standard InChI is InChI=1S/C14H20N2S/c1-17-12-6-5-11-16-14(9-10-15)13-7-3-2-4-8-13/h2-4,7-8,14,16H,5-6,9,11-12H2,1H3. The Morgan fingerprint density at radius 2 is 2.06 bits per heavy atom. The number of hydrogen-bond acceptors (Lipinski definition) is 3. The number of benzene rings is 1. The minimum absolute atomic E-state index is 0.176. The van der Waals surface area contributed by atoms with Crippen LogP contribution in [0.4, 0.5) is 0 Å². The Morgan fingerprint density at radius 3 is 2.71 bits per heavy atom. The molecule has 0 spiro atoms. The summed E-state index contributed by atoms with van der Waals surface area (Å²) in [4.78, 5) is 0. The molecule has 1 atom stereocenters. The van der Waals surface area contributed by atoms with Crippen molar-refractivity contribution in [2.45, 2.75) is 25.3 Å². The molecule has 0 aliphatic heterocycles. The van der Waals surface area contributed by atoms with Gasteiger partial charge in [0.05, 0.1) is 12.5 Å². The van der Waals surface area contributed by atoms with Crippen LogP contribution in [0.15, 0.2) is 30.3 Å². The van der Waals surface area contributed by atoms with Crippen LogP contribution in [0.2, 0.25) is 0 Å². The van der Waals surface area contributed by atoms with Crippen LogP contribution in [-0.2, 0) is 0 Å². The van der Waals surface area contributed by atoms with Gasteiger partial charge in [0.2, 0.25) is 0 Å². The number of rotatable bonds is 8. The zero-order valence-electron chi connectivity index (χ0n) is 10.4. The van der Waals surface area contributed by atoms with Crippen molar-refractivity contribution in [1.29, 1.82) is 5.26 Å². The molecule has 3 heteroatoms. The monoisotopic (exact) mass is 248 g/mol. The van der Waals surface area contributed by atoms with Gasteiger partial charge in [0.15, 0.2) is 0 Å². The Morgan fingerprint density at radius 1 is 1.29 bits per heavy atom. The summed E-state index contributed by atoms with van der Waals surface area (Å²) < 4.78 is 0. The van der Waals surface area contributed by atoms with Crippen LogP contribution in [0.1, 0.15) is 30.9 Å². The third kappa shape index (κ3) is 5.76. The van der Waals surface area contributed by atoms with Crippen molar-refractivity contribution in [2.75, 3.05) is 18.6 Å². The molecule has 0 aliphatic rings. The maximum Gasteiger partial charge on any atom is 0.0641 e. The molecule has 0 aromatic heterocycles. The van der Waals surface area contributed by atoms with Gasteiger partial charge in [-0.05, 0) is 37.0 Å². The molecule has 1 rings (SSSR count). The molecule has 1 N–H and O–H groups in total. The molecule has 0 saturated carbocycles.